The van der Waals surface area contributed by atoms with Crippen molar-refractivity contribution in [3.63, 3.8) is 0 Å². The molecular weight excluding hydrogens is 357 g/mol. The van der Waals surface area contributed by atoms with E-state index in [1.807, 2.05) is 0 Å². The molecule has 0 unspecified atom stereocenters. The molecule has 1 aliphatic heterocycles. The van der Waals surface area contributed by atoms with Crippen LogP contribution in [0.2, 0.25) is 0 Å². The highest BCUT2D eigenvalue weighted by molar-refractivity contribution is 5.69. The highest BCUT2D eigenvalue weighted by Gasteiger charge is 2.31. The fourth-order valence-corrected chi connectivity index (χ4v) is 3.25. The van der Waals surface area contributed by atoms with Gasteiger partial charge < -0.3 is 10.1 Å². The highest BCUT2D eigenvalue weighted by atomic mass is 19.4. The summed E-state index contributed by atoms with van der Waals surface area (Å²) >= 11 is 0. The van der Waals surface area contributed by atoms with E-state index < -0.39 is 11.7 Å². The molecule has 0 aliphatic carbocycles. The molecule has 5 nitrogen and oxygen atoms in total. The lowest BCUT2D eigenvalue weighted by Crippen LogP contribution is -2.31. The third-order valence-electron chi connectivity index (χ3n) is 4.68. The lowest BCUT2D eigenvalue weighted by molar-refractivity contribution is -0.137. The highest BCUT2D eigenvalue weighted by Crippen LogP contribution is 2.36. The number of ether oxygens (including phenoxy) is 1. The summed E-state index contributed by atoms with van der Waals surface area (Å²) in [5.74, 6) is 0.429. The van der Waals surface area contributed by atoms with Crippen molar-refractivity contribution in [3.8, 4) is 23.1 Å². The van der Waals surface area contributed by atoms with E-state index in [1.54, 1.807) is 6.07 Å². The third-order valence-corrected chi connectivity index (χ3v) is 4.68. The Hall–Kier alpha value is -2.66. The van der Waals surface area contributed by atoms with Gasteiger partial charge in [0.25, 0.3) is 0 Å². The molecule has 1 aliphatic rings. The normalized spacial score (nSPS) is 17.4. The second kappa shape index (κ2) is 7.92. The van der Waals surface area contributed by atoms with Crippen LogP contribution in [0.3, 0.4) is 0 Å². The summed E-state index contributed by atoms with van der Waals surface area (Å²) in [7, 11) is 1.29. The smallest absolute Gasteiger partial charge is 0.416 e. The first-order chi connectivity index (χ1) is 12.9. The summed E-state index contributed by atoms with van der Waals surface area (Å²) in [6.45, 7) is 1.88. The second-order valence-electron chi connectivity index (χ2n) is 6.53. The molecule has 2 heterocycles. The molecule has 0 amide bonds. The second-order valence-corrected chi connectivity index (χ2v) is 6.53. The van der Waals surface area contributed by atoms with Crippen LogP contribution in [0.5, 0.6) is 5.75 Å². The molecule has 1 aromatic carbocycles. The van der Waals surface area contributed by atoms with Gasteiger partial charge in [-0.25, -0.2) is 0 Å². The van der Waals surface area contributed by atoms with Crippen LogP contribution in [0.25, 0.3) is 11.3 Å². The summed E-state index contributed by atoms with van der Waals surface area (Å²) in [6, 6.07) is 6.86. The van der Waals surface area contributed by atoms with Crippen molar-refractivity contribution >= 4 is 0 Å². The van der Waals surface area contributed by atoms with Crippen LogP contribution in [-0.4, -0.2) is 30.4 Å². The predicted octanol–water partition coefficient (Wildman–Crippen LogP) is 3.58. The van der Waals surface area contributed by atoms with Gasteiger partial charge in [0.05, 0.1) is 29.6 Å². The number of nitrogens with zero attached hydrogens (tertiary/aromatic N) is 3. The van der Waals surface area contributed by atoms with Crippen molar-refractivity contribution < 1.29 is 17.9 Å². The molecule has 142 valence electrons. The number of hydrogen-bond donors (Lipinski definition) is 1. The van der Waals surface area contributed by atoms with Crippen molar-refractivity contribution in [1.29, 1.82) is 5.26 Å². The van der Waals surface area contributed by atoms with Gasteiger partial charge in [-0.3, -0.25) is 0 Å². The minimum atomic E-state index is -4.47. The summed E-state index contributed by atoms with van der Waals surface area (Å²) < 4.78 is 43.8. The largest absolute Gasteiger partial charge is 0.496 e. The minimum Gasteiger partial charge on any atom is -0.496 e. The number of aromatic nitrogens is 2. The van der Waals surface area contributed by atoms with E-state index in [0.29, 0.717) is 34.9 Å². The van der Waals surface area contributed by atoms with Gasteiger partial charge in [-0.05, 0) is 62.5 Å². The number of hydrogen-bond acceptors (Lipinski definition) is 5. The van der Waals surface area contributed by atoms with E-state index in [2.05, 4.69) is 21.6 Å². The maximum Gasteiger partial charge on any atom is 0.416 e. The first kappa shape index (κ1) is 19.1. The van der Waals surface area contributed by atoms with Crippen molar-refractivity contribution in [2.75, 3.05) is 20.2 Å². The molecule has 27 heavy (non-hydrogen) atoms. The minimum absolute atomic E-state index is 0.0345. The van der Waals surface area contributed by atoms with E-state index in [0.717, 1.165) is 38.1 Å². The van der Waals surface area contributed by atoms with Crippen LogP contribution >= 0.6 is 0 Å². The monoisotopic (exact) mass is 376 g/mol. The summed E-state index contributed by atoms with van der Waals surface area (Å²) in [4.78, 5) is 0. The molecule has 0 bridgehead atoms. The molecule has 0 radical (unpaired) electrons. The first-order valence-electron chi connectivity index (χ1n) is 8.65. The molecule has 1 atom stereocenters. The van der Waals surface area contributed by atoms with Crippen molar-refractivity contribution in [2.24, 2.45) is 5.92 Å². The van der Waals surface area contributed by atoms with E-state index in [4.69, 9.17) is 4.74 Å². The molecule has 2 aromatic rings. The van der Waals surface area contributed by atoms with Gasteiger partial charge in [0.2, 0.25) is 0 Å². The Balaban J connectivity index is 1.92. The van der Waals surface area contributed by atoms with Crippen LogP contribution < -0.4 is 10.1 Å². The Morgan fingerprint density at radius 1 is 1.30 bits per heavy atom. The van der Waals surface area contributed by atoms with Crippen LogP contribution in [0, 0.1) is 17.2 Å². The number of rotatable bonds is 4. The van der Waals surface area contributed by atoms with E-state index in [1.165, 1.54) is 13.2 Å². The van der Waals surface area contributed by atoms with E-state index in [-0.39, 0.29) is 5.75 Å². The van der Waals surface area contributed by atoms with Crippen molar-refractivity contribution in [3.05, 3.63) is 41.1 Å². The fourth-order valence-electron chi connectivity index (χ4n) is 3.25. The Morgan fingerprint density at radius 3 is 2.74 bits per heavy atom. The van der Waals surface area contributed by atoms with Gasteiger partial charge >= 0.3 is 6.18 Å². The van der Waals surface area contributed by atoms with Gasteiger partial charge in [0.15, 0.2) is 0 Å². The average molecular weight is 376 g/mol. The van der Waals surface area contributed by atoms with Gasteiger partial charge in [0.1, 0.15) is 11.8 Å². The lowest BCUT2D eigenvalue weighted by atomic mass is 9.93. The zero-order valence-corrected chi connectivity index (χ0v) is 14.8. The topological polar surface area (TPSA) is 70.8 Å². The summed E-state index contributed by atoms with van der Waals surface area (Å²) in [5, 5.41) is 21.1. The summed E-state index contributed by atoms with van der Waals surface area (Å²) in [6.07, 6.45) is -1.67. The van der Waals surface area contributed by atoms with Crippen molar-refractivity contribution in [1.82, 2.24) is 15.5 Å². The van der Waals surface area contributed by atoms with Gasteiger partial charge in [0, 0.05) is 5.56 Å². The van der Waals surface area contributed by atoms with Gasteiger partial charge in [-0.15, -0.1) is 0 Å². The Kier molecular flexibility index (Phi) is 5.61. The average Bonchev–Trinajstić information content (AvgIpc) is 2.68. The van der Waals surface area contributed by atoms with Crippen LogP contribution in [0.4, 0.5) is 13.2 Å². The molecule has 1 saturated heterocycles. The van der Waals surface area contributed by atoms with Gasteiger partial charge in [-0.2, -0.15) is 28.6 Å². The quantitative estimate of drug-likeness (QED) is 0.883. The lowest BCUT2D eigenvalue weighted by Gasteiger charge is -2.22. The maximum absolute atomic E-state index is 12.9. The van der Waals surface area contributed by atoms with Crippen LogP contribution in [0.15, 0.2) is 24.3 Å². The number of benzene rings is 1. The maximum atomic E-state index is 12.9. The number of nitriles is 1. The zero-order valence-electron chi connectivity index (χ0n) is 14.8. The zero-order chi connectivity index (χ0) is 19.4. The number of halogens is 3. The van der Waals surface area contributed by atoms with Crippen LogP contribution in [0.1, 0.15) is 29.7 Å². The first-order valence-corrected chi connectivity index (χ1v) is 8.65. The molecule has 1 aromatic heterocycles. The molecule has 1 N–H and O–H groups in total. The molecular formula is C19H19F3N4O. The van der Waals surface area contributed by atoms with Crippen LogP contribution in [-0.2, 0) is 12.6 Å². The standard InChI is InChI=1S/C19H19F3N4O/c1-27-18-9-14(19(20,21)22)4-5-15(18)17-8-13(10-23)16(25-26-17)7-12-3-2-6-24-11-12/h4-5,8-9,12,24H,2-3,6-7,11H2,1H3/t12-/m0/s1. The predicted molar refractivity (Wildman–Crippen MR) is 93.0 cm³/mol. The Morgan fingerprint density at radius 2 is 2.11 bits per heavy atom. The molecule has 0 spiro atoms. The third kappa shape index (κ3) is 4.37. The number of piperidine rings is 1. The van der Waals surface area contributed by atoms with Crippen molar-refractivity contribution in [2.45, 2.75) is 25.4 Å². The molecule has 8 heteroatoms. The summed E-state index contributed by atoms with van der Waals surface area (Å²) in [5.41, 5.74) is 0.856. The van der Waals surface area contributed by atoms with E-state index >= 15 is 0 Å². The number of methoxy groups -OCH3 is 1. The van der Waals surface area contributed by atoms with Gasteiger partial charge in [-0.1, -0.05) is 0 Å². The molecule has 3 rings (SSSR count). The Bertz CT molecular complexity index is 855. The SMILES string of the molecule is COc1cc(C(F)(F)F)ccc1-c1cc(C#N)c(C[C@@H]2CCCNC2)nn1. The number of nitrogens with one attached hydrogen (secondary N) is 1. The fraction of sp³-hybridized carbons (Fsp3) is 0.421. The Labute approximate surface area is 155 Å². The number of alkyl halides is 3. The van der Waals surface area contributed by atoms with E-state index in [9.17, 15) is 18.4 Å². The molecule has 0 saturated carbocycles. The molecule has 1 fully saturated rings.